The third kappa shape index (κ3) is 3.00. The van der Waals surface area contributed by atoms with Crippen molar-refractivity contribution in [3.8, 4) is 0 Å². The molecule has 0 saturated heterocycles. The zero-order valence-electron chi connectivity index (χ0n) is 8.93. The van der Waals surface area contributed by atoms with Crippen LogP contribution in [0.2, 0.25) is 0 Å². The topological polar surface area (TPSA) is 0 Å². The van der Waals surface area contributed by atoms with Crippen molar-refractivity contribution in [3.05, 3.63) is 0 Å². The summed E-state index contributed by atoms with van der Waals surface area (Å²) in [6.45, 7) is 0. The predicted octanol–water partition coefficient (Wildman–Crippen LogP) is 4.54. The fourth-order valence-corrected chi connectivity index (χ4v) is 3.21. The highest BCUT2D eigenvalue weighted by Crippen LogP contribution is 2.35. The summed E-state index contributed by atoms with van der Waals surface area (Å²) >= 11 is 0. The molecule has 13 heavy (non-hydrogen) atoms. The van der Waals surface area contributed by atoms with E-state index in [-0.39, 0.29) is 0 Å². The first-order chi connectivity index (χ1) is 6.45. The van der Waals surface area contributed by atoms with Crippen LogP contribution in [-0.2, 0) is 0 Å². The summed E-state index contributed by atoms with van der Waals surface area (Å²) in [6.07, 6.45) is 16.9. The minimum atomic E-state index is 1.12. The molecule has 0 N–H and O–H groups in total. The second kappa shape index (κ2) is 5.02. The Hall–Kier alpha value is 0. The molecule has 0 unspecified atom stereocenters. The lowest BCUT2D eigenvalue weighted by Crippen LogP contribution is -2.14. The van der Waals surface area contributed by atoms with Gasteiger partial charge in [-0.15, -0.1) is 0 Å². The Kier molecular flexibility index (Phi) is 3.69. The normalized spacial score (nSPS) is 36.9. The summed E-state index contributed by atoms with van der Waals surface area (Å²) in [5, 5.41) is 0. The van der Waals surface area contributed by atoms with E-state index < -0.39 is 0 Å². The van der Waals surface area contributed by atoms with E-state index in [9.17, 15) is 0 Å². The smallest absolute Gasteiger partial charge is 0.0414 e. The zero-order valence-corrected chi connectivity index (χ0v) is 8.93. The fourth-order valence-electron chi connectivity index (χ4n) is 3.21. The van der Waals surface area contributed by atoms with Crippen molar-refractivity contribution >= 4 is 0 Å². The summed E-state index contributed by atoms with van der Waals surface area (Å²) in [5.74, 6) is 2.24. The largest absolute Gasteiger partial charge is 0.0533 e. The van der Waals surface area contributed by atoms with E-state index in [4.69, 9.17) is 0 Å². The van der Waals surface area contributed by atoms with Crippen molar-refractivity contribution in [2.24, 2.45) is 11.8 Å². The van der Waals surface area contributed by atoms with Gasteiger partial charge in [0.25, 0.3) is 0 Å². The van der Waals surface area contributed by atoms with Gasteiger partial charge in [-0.05, 0) is 11.8 Å². The Labute approximate surface area is 83.1 Å². The van der Waals surface area contributed by atoms with E-state index in [1.54, 1.807) is 38.5 Å². The van der Waals surface area contributed by atoms with Crippen LogP contribution in [0.5, 0.6) is 0 Å². The number of hydrogen-bond acceptors (Lipinski definition) is 0. The minimum Gasteiger partial charge on any atom is -0.0533 e. The lowest BCUT2D eigenvalue weighted by molar-refractivity contribution is 0.251. The van der Waals surface area contributed by atoms with Crippen molar-refractivity contribution < 1.29 is 0 Å². The standard InChI is InChI=1S/C13H24/c1-2-4-6-12-8-10-13(11-9-12)7-5-3-1/h12-13H,1-11H2. The van der Waals surface area contributed by atoms with Gasteiger partial charge in [-0.1, -0.05) is 70.6 Å². The highest BCUT2D eigenvalue weighted by atomic mass is 14.3. The Bertz CT molecular complexity index is 109. The van der Waals surface area contributed by atoms with E-state index in [1.807, 2.05) is 0 Å². The van der Waals surface area contributed by atoms with Crippen molar-refractivity contribution in [1.82, 2.24) is 0 Å². The zero-order chi connectivity index (χ0) is 8.93. The highest BCUT2D eigenvalue weighted by molar-refractivity contribution is 4.73. The van der Waals surface area contributed by atoms with E-state index in [1.165, 1.54) is 32.1 Å². The maximum absolute atomic E-state index is 1.56. The van der Waals surface area contributed by atoms with Crippen LogP contribution in [0.1, 0.15) is 70.6 Å². The van der Waals surface area contributed by atoms with Crippen LogP contribution in [0.15, 0.2) is 0 Å². The van der Waals surface area contributed by atoms with Crippen LogP contribution in [0, 0.1) is 11.8 Å². The van der Waals surface area contributed by atoms with Gasteiger partial charge < -0.3 is 0 Å². The summed E-state index contributed by atoms with van der Waals surface area (Å²) < 4.78 is 0. The molecule has 0 atom stereocenters. The molecule has 0 heterocycles. The number of fused-ring (bicyclic) bond motifs is 8. The van der Waals surface area contributed by atoms with Gasteiger partial charge in [0.1, 0.15) is 0 Å². The molecule has 0 aliphatic heterocycles. The SMILES string of the molecule is C1CCCC2CCC(CCC1)CC2. The second-order valence-electron chi connectivity index (χ2n) is 5.23. The summed E-state index contributed by atoms with van der Waals surface area (Å²) in [7, 11) is 0. The molecule has 3 fully saturated rings. The Morgan fingerprint density at radius 1 is 0.385 bits per heavy atom. The van der Waals surface area contributed by atoms with Gasteiger partial charge in [-0.25, -0.2) is 0 Å². The molecule has 0 spiro atoms. The van der Waals surface area contributed by atoms with Gasteiger partial charge >= 0.3 is 0 Å². The molecule has 0 aromatic rings. The molecule has 76 valence electrons. The van der Waals surface area contributed by atoms with E-state index >= 15 is 0 Å². The first kappa shape index (κ1) is 9.55. The lowest BCUT2D eigenvalue weighted by atomic mass is 9.78. The maximum atomic E-state index is 1.56. The van der Waals surface area contributed by atoms with Gasteiger partial charge in [0.05, 0.1) is 0 Å². The molecule has 3 aliphatic rings. The lowest BCUT2D eigenvalue weighted by Gasteiger charge is -2.27. The van der Waals surface area contributed by atoms with Crippen LogP contribution in [0.4, 0.5) is 0 Å². The van der Waals surface area contributed by atoms with Crippen molar-refractivity contribution in [2.75, 3.05) is 0 Å². The van der Waals surface area contributed by atoms with E-state index in [0.29, 0.717) is 0 Å². The molecule has 0 amide bonds. The molecule has 0 aromatic carbocycles. The quantitative estimate of drug-likeness (QED) is 0.513. The van der Waals surface area contributed by atoms with Gasteiger partial charge in [0.15, 0.2) is 0 Å². The van der Waals surface area contributed by atoms with Crippen LogP contribution < -0.4 is 0 Å². The molecule has 0 aromatic heterocycles. The van der Waals surface area contributed by atoms with Crippen LogP contribution in [-0.4, -0.2) is 0 Å². The number of hydrogen-bond donors (Lipinski definition) is 0. The third-order valence-corrected chi connectivity index (χ3v) is 4.19. The van der Waals surface area contributed by atoms with Crippen molar-refractivity contribution in [2.45, 2.75) is 70.6 Å². The average Bonchev–Trinajstić information content (AvgIpc) is 2.25. The molecular formula is C13H24. The molecule has 2 bridgehead atoms. The molecule has 0 nitrogen and oxygen atoms in total. The Morgan fingerprint density at radius 3 is 1.23 bits per heavy atom. The summed E-state index contributed by atoms with van der Waals surface area (Å²) in [4.78, 5) is 0. The van der Waals surface area contributed by atoms with Gasteiger partial charge in [-0.3, -0.25) is 0 Å². The molecule has 3 aliphatic carbocycles. The average molecular weight is 180 g/mol. The van der Waals surface area contributed by atoms with Crippen LogP contribution in [0.25, 0.3) is 0 Å². The minimum absolute atomic E-state index is 1.12. The Morgan fingerprint density at radius 2 is 0.769 bits per heavy atom. The van der Waals surface area contributed by atoms with Gasteiger partial charge in [0.2, 0.25) is 0 Å². The number of rotatable bonds is 0. The first-order valence-electron chi connectivity index (χ1n) is 6.45. The fraction of sp³-hybridized carbons (Fsp3) is 1.00. The third-order valence-electron chi connectivity index (χ3n) is 4.19. The highest BCUT2D eigenvalue weighted by Gasteiger charge is 2.20. The molecule has 0 radical (unpaired) electrons. The predicted molar refractivity (Wildman–Crippen MR) is 57.8 cm³/mol. The van der Waals surface area contributed by atoms with Crippen molar-refractivity contribution in [1.29, 1.82) is 0 Å². The van der Waals surface area contributed by atoms with Crippen LogP contribution >= 0.6 is 0 Å². The summed E-state index contributed by atoms with van der Waals surface area (Å²) in [5.41, 5.74) is 0. The first-order valence-corrected chi connectivity index (χ1v) is 6.45. The molecule has 3 rings (SSSR count). The van der Waals surface area contributed by atoms with Gasteiger partial charge in [-0.2, -0.15) is 0 Å². The van der Waals surface area contributed by atoms with Crippen LogP contribution in [0.3, 0.4) is 0 Å². The summed E-state index contributed by atoms with van der Waals surface area (Å²) in [6, 6.07) is 0. The second-order valence-corrected chi connectivity index (χ2v) is 5.23. The van der Waals surface area contributed by atoms with E-state index in [2.05, 4.69) is 0 Å². The van der Waals surface area contributed by atoms with E-state index in [0.717, 1.165) is 11.8 Å². The molecule has 0 heteroatoms. The monoisotopic (exact) mass is 180 g/mol. The molecular weight excluding hydrogens is 156 g/mol. The molecule has 3 saturated carbocycles. The van der Waals surface area contributed by atoms with Gasteiger partial charge in [0, 0.05) is 0 Å². The van der Waals surface area contributed by atoms with Crippen molar-refractivity contribution in [3.63, 3.8) is 0 Å². The Balaban J connectivity index is 1.83. The maximum Gasteiger partial charge on any atom is -0.0414 e.